The van der Waals surface area contributed by atoms with Crippen LogP contribution in [0.25, 0.3) is 0 Å². The van der Waals surface area contributed by atoms with Gasteiger partial charge in [0.1, 0.15) is 0 Å². The van der Waals surface area contributed by atoms with Gasteiger partial charge in [-0.2, -0.15) is 0 Å². The van der Waals surface area contributed by atoms with Crippen LogP contribution in [0.1, 0.15) is 54.4 Å². The van der Waals surface area contributed by atoms with Gasteiger partial charge in [0.25, 0.3) is 0 Å². The summed E-state index contributed by atoms with van der Waals surface area (Å²) >= 11 is 0. The Kier molecular flexibility index (Phi) is 4.97. The smallest absolute Gasteiger partial charge is 0.332 e. The first-order valence-electron chi connectivity index (χ1n) is 9.04. The molecule has 0 aliphatic heterocycles. The summed E-state index contributed by atoms with van der Waals surface area (Å²) in [7, 11) is -1.73. The highest BCUT2D eigenvalue weighted by Gasteiger charge is 2.44. The molecule has 0 spiro atoms. The van der Waals surface area contributed by atoms with Gasteiger partial charge in [-0.25, -0.2) is 4.79 Å². The van der Waals surface area contributed by atoms with E-state index < -0.39 is 14.3 Å². The minimum atomic E-state index is -1.73. The molecule has 2 aliphatic rings. The number of aliphatic carboxylic acids is 1. The number of hydrogen-bond donors (Lipinski definition) is 1. The van der Waals surface area contributed by atoms with Crippen LogP contribution in [0.3, 0.4) is 0 Å². The molecule has 2 aliphatic carbocycles. The van der Waals surface area contributed by atoms with Gasteiger partial charge in [-0.15, -0.1) is 0 Å². The predicted octanol–water partition coefficient (Wildman–Crippen LogP) is 5.40. The molecule has 0 heterocycles. The second-order valence-corrected chi connectivity index (χ2v) is 14.8. The fourth-order valence-electron chi connectivity index (χ4n) is 3.57. The van der Waals surface area contributed by atoms with Crippen LogP contribution in [0.5, 0.6) is 0 Å². The van der Waals surface area contributed by atoms with Crippen molar-refractivity contribution in [3.8, 4) is 0 Å². The number of carboxylic acid groups (broad SMARTS) is 1. The molecule has 2 atom stereocenters. The van der Waals surface area contributed by atoms with Gasteiger partial charge in [0, 0.05) is 11.5 Å². The summed E-state index contributed by atoms with van der Waals surface area (Å²) in [6, 6.07) is 0. The first-order chi connectivity index (χ1) is 10.7. The summed E-state index contributed by atoms with van der Waals surface area (Å²) < 4.78 is 6.35. The number of hydrogen-bond acceptors (Lipinski definition) is 2. The Bertz CT molecular complexity index is 585. The van der Waals surface area contributed by atoms with E-state index in [0.717, 1.165) is 18.4 Å². The van der Waals surface area contributed by atoms with E-state index >= 15 is 0 Å². The van der Waals surface area contributed by atoms with Crippen LogP contribution in [0.4, 0.5) is 0 Å². The van der Waals surface area contributed by atoms with Crippen molar-refractivity contribution in [3.05, 3.63) is 22.8 Å². The number of carboxylic acids is 1. The third kappa shape index (κ3) is 3.69. The van der Waals surface area contributed by atoms with E-state index in [2.05, 4.69) is 39.9 Å². The van der Waals surface area contributed by atoms with Crippen molar-refractivity contribution >= 4 is 14.3 Å². The van der Waals surface area contributed by atoms with Gasteiger partial charge < -0.3 is 9.53 Å². The number of allylic oxidation sites excluding steroid dienone is 2. The minimum absolute atomic E-state index is 0.221. The molecule has 1 N–H and O–H groups in total. The van der Waals surface area contributed by atoms with Crippen molar-refractivity contribution in [2.24, 2.45) is 17.3 Å². The Morgan fingerprint density at radius 2 is 1.79 bits per heavy atom. The molecule has 0 bridgehead atoms. The molecule has 0 saturated heterocycles. The van der Waals surface area contributed by atoms with Gasteiger partial charge in [0.05, 0.1) is 6.61 Å². The van der Waals surface area contributed by atoms with Crippen molar-refractivity contribution in [2.75, 3.05) is 6.61 Å². The number of carbonyl (C=O) groups is 1. The topological polar surface area (TPSA) is 46.5 Å². The van der Waals surface area contributed by atoms with Crippen LogP contribution in [0, 0.1) is 17.3 Å². The monoisotopic (exact) mass is 350 g/mol. The number of rotatable bonds is 4. The van der Waals surface area contributed by atoms with E-state index in [-0.39, 0.29) is 10.5 Å². The van der Waals surface area contributed by atoms with E-state index in [0.29, 0.717) is 24.0 Å². The van der Waals surface area contributed by atoms with Gasteiger partial charge >= 0.3 is 5.97 Å². The zero-order valence-electron chi connectivity index (χ0n) is 16.6. The highest BCUT2D eigenvalue weighted by molar-refractivity contribution is 6.74. The van der Waals surface area contributed by atoms with Crippen molar-refractivity contribution in [3.63, 3.8) is 0 Å². The summed E-state index contributed by atoms with van der Waals surface area (Å²) in [5.41, 5.74) is 2.82. The fraction of sp³-hybridized carbons (Fsp3) is 0.750. The van der Waals surface area contributed by atoms with E-state index in [1.807, 2.05) is 20.8 Å². The second kappa shape index (κ2) is 6.13. The highest BCUT2D eigenvalue weighted by Crippen LogP contribution is 2.53. The summed E-state index contributed by atoms with van der Waals surface area (Å²) in [6.07, 6.45) is 4.30. The van der Waals surface area contributed by atoms with E-state index in [4.69, 9.17) is 4.43 Å². The molecule has 0 radical (unpaired) electrons. The standard InChI is InChI=1S/C20H34O3Si/c1-19(2,3)17(18(21)22)16-11-14-9-13(10-15(14)16)12-23-24(7,8)20(4,5)6/h10,14-15H,9,11-12H2,1-8H3,(H,21,22)/t14-,15-/m0/s1. The normalized spacial score (nSPS) is 26.6. The van der Waals surface area contributed by atoms with Crippen LogP contribution >= 0.6 is 0 Å². The predicted molar refractivity (Wildman–Crippen MR) is 102 cm³/mol. The van der Waals surface area contributed by atoms with Crippen LogP contribution in [-0.2, 0) is 9.22 Å². The summed E-state index contributed by atoms with van der Waals surface area (Å²) in [4.78, 5) is 11.7. The van der Waals surface area contributed by atoms with Crippen LogP contribution in [0.2, 0.25) is 18.1 Å². The minimum Gasteiger partial charge on any atom is -0.478 e. The maximum Gasteiger partial charge on any atom is 0.332 e. The second-order valence-electron chi connectivity index (χ2n) is 10.0. The Balaban J connectivity index is 2.12. The lowest BCUT2D eigenvalue weighted by atomic mass is 9.65. The largest absolute Gasteiger partial charge is 0.478 e. The third-order valence-electron chi connectivity index (χ3n) is 6.04. The summed E-state index contributed by atoms with van der Waals surface area (Å²) in [5.74, 6) is 0.165. The molecule has 1 saturated carbocycles. The number of fused-ring (bicyclic) bond motifs is 1. The molecule has 0 aromatic rings. The molecule has 0 aromatic carbocycles. The lowest BCUT2D eigenvalue weighted by molar-refractivity contribution is -0.133. The van der Waals surface area contributed by atoms with Gasteiger partial charge in [-0.05, 0) is 47.9 Å². The zero-order chi connectivity index (χ0) is 18.5. The summed E-state index contributed by atoms with van der Waals surface area (Å²) in [5, 5.41) is 9.85. The Labute approximate surface area is 148 Å². The zero-order valence-corrected chi connectivity index (χ0v) is 17.6. The van der Waals surface area contributed by atoms with Gasteiger partial charge in [-0.3, -0.25) is 0 Å². The van der Waals surface area contributed by atoms with Crippen molar-refractivity contribution in [1.82, 2.24) is 0 Å². The van der Waals surface area contributed by atoms with E-state index in [9.17, 15) is 9.90 Å². The van der Waals surface area contributed by atoms with Crippen LogP contribution in [0.15, 0.2) is 22.8 Å². The van der Waals surface area contributed by atoms with Gasteiger partial charge in [-0.1, -0.05) is 53.2 Å². The van der Waals surface area contributed by atoms with Crippen molar-refractivity contribution in [1.29, 1.82) is 0 Å². The van der Waals surface area contributed by atoms with E-state index in [1.165, 1.54) is 5.57 Å². The quantitative estimate of drug-likeness (QED) is 0.419. The average molecular weight is 351 g/mol. The molecule has 0 aromatic heterocycles. The molecule has 3 nitrogen and oxygen atoms in total. The van der Waals surface area contributed by atoms with E-state index in [1.54, 1.807) is 0 Å². The fourth-order valence-corrected chi connectivity index (χ4v) is 4.55. The van der Waals surface area contributed by atoms with Crippen molar-refractivity contribution in [2.45, 2.75) is 72.5 Å². The molecule has 4 heteroatoms. The van der Waals surface area contributed by atoms with Gasteiger partial charge in [0.2, 0.25) is 0 Å². The molecule has 0 unspecified atom stereocenters. The molecular weight excluding hydrogens is 316 g/mol. The highest BCUT2D eigenvalue weighted by atomic mass is 28.4. The third-order valence-corrected chi connectivity index (χ3v) is 10.5. The lowest BCUT2D eigenvalue weighted by Crippen LogP contribution is -2.41. The maximum atomic E-state index is 11.7. The van der Waals surface area contributed by atoms with Crippen LogP contribution < -0.4 is 0 Å². The first kappa shape index (κ1) is 19.5. The molecule has 24 heavy (non-hydrogen) atoms. The molecule has 1 fully saturated rings. The Morgan fingerprint density at radius 3 is 2.25 bits per heavy atom. The summed E-state index contributed by atoms with van der Waals surface area (Å²) in [6.45, 7) is 18.0. The maximum absolute atomic E-state index is 11.7. The van der Waals surface area contributed by atoms with Gasteiger partial charge in [0.15, 0.2) is 8.32 Å². The first-order valence-corrected chi connectivity index (χ1v) is 11.9. The average Bonchev–Trinajstić information content (AvgIpc) is 2.67. The molecular formula is C20H34O3Si. The van der Waals surface area contributed by atoms with Crippen molar-refractivity contribution < 1.29 is 14.3 Å². The Hall–Kier alpha value is -0.873. The lowest BCUT2D eigenvalue weighted by Gasteiger charge is -2.38. The van der Waals surface area contributed by atoms with Crippen LogP contribution in [-0.4, -0.2) is 26.0 Å². The molecule has 2 rings (SSSR count). The molecule has 0 amide bonds. The SMILES string of the molecule is CC(C)(C)C(C(=O)O)=C1C[C@@H]2CC(CO[Si](C)(C)C(C)(C)C)=C[C@H]12. The molecule has 136 valence electrons. The Morgan fingerprint density at radius 1 is 1.21 bits per heavy atom.